The van der Waals surface area contributed by atoms with Crippen LogP contribution in [0.3, 0.4) is 0 Å². The first-order chi connectivity index (χ1) is 13.0. The zero-order valence-electron chi connectivity index (χ0n) is 14.7. The highest BCUT2D eigenvalue weighted by atomic mass is 35.5. The Balaban J connectivity index is 2.44. The van der Waals surface area contributed by atoms with E-state index in [1.807, 2.05) is 0 Å². The van der Waals surface area contributed by atoms with Crippen LogP contribution in [0.4, 0.5) is 4.79 Å². The Kier molecular flexibility index (Phi) is 6.33. The smallest absolute Gasteiger partial charge is 0.445 e. The molecule has 0 aliphatic heterocycles. The number of amides is 1. The van der Waals surface area contributed by atoms with E-state index in [2.05, 4.69) is 24.9 Å². The second-order valence-electron chi connectivity index (χ2n) is 5.07. The van der Waals surface area contributed by atoms with E-state index < -0.39 is 31.5 Å². The molecule has 1 amide bonds. The fourth-order valence-corrected chi connectivity index (χ4v) is 3.39. The summed E-state index contributed by atoms with van der Waals surface area (Å²) in [4.78, 5) is 19.1. The molecule has 0 aliphatic carbocycles. The van der Waals surface area contributed by atoms with Crippen LogP contribution in [0.15, 0.2) is 34.9 Å². The molecule has 28 heavy (non-hydrogen) atoms. The number of pyridine rings is 1. The van der Waals surface area contributed by atoms with Crippen molar-refractivity contribution >= 4 is 44.1 Å². The third-order valence-electron chi connectivity index (χ3n) is 3.00. The quantitative estimate of drug-likeness (QED) is 0.328. The minimum Gasteiger partial charge on any atom is -0.451 e. The van der Waals surface area contributed by atoms with E-state index in [9.17, 15) is 21.6 Å². The van der Waals surface area contributed by atoms with Gasteiger partial charge in [-0.1, -0.05) is 16.0 Å². The predicted octanol–water partition coefficient (Wildman–Crippen LogP) is -0.228. The molecule has 2 rings (SSSR count). The van der Waals surface area contributed by atoms with E-state index >= 15 is 0 Å². The Bertz CT molecular complexity index is 1100. The van der Waals surface area contributed by atoms with Gasteiger partial charge in [-0.25, -0.2) is 14.8 Å². The van der Waals surface area contributed by atoms with Gasteiger partial charge in [0.2, 0.25) is 0 Å². The summed E-state index contributed by atoms with van der Waals surface area (Å²) >= 11 is 5.65. The van der Waals surface area contributed by atoms with E-state index in [1.54, 1.807) is 0 Å². The number of nitrogens with zero attached hydrogens (tertiary/aromatic N) is 7. The van der Waals surface area contributed by atoms with Crippen LogP contribution >= 0.6 is 11.6 Å². The standard InChI is InChI=1S/C12H14ClN7O6S2/c1-18(2)28(24,25)19-8-15-11(17-19)27(22,23)20(12(21)26-3)16-7-9-4-5-10(13)14-6-9/h4-8H,1-3H3/b16-7+. The Morgan fingerprint density at radius 1 is 1.25 bits per heavy atom. The van der Waals surface area contributed by atoms with Gasteiger partial charge in [-0.15, -0.1) is 9.19 Å². The minimum atomic E-state index is -4.77. The summed E-state index contributed by atoms with van der Waals surface area (Å²) in [6.45, 7) is 0. The van der Waals surface area contributed by atoms with E-state index in [0.717, 1.165) is 17.6 Å². The molecule has 0 saturated heterocycles. The number of hydrogen-bond acceptors (Lipinski definition) is 10. The van der Waals surface area contributed by atoms with Crippen molar-refractivity contribution in [2.45, 2.75) is 5.16 Å². The number of hydrogen-bond donors (Lipinski definition) is 0. The number of ether oxygens (including phenoxy) is 1. The maximum atomic E-state index is 12.6. The summed E-state index contributed by atoms with van der Waals surface area (Å²) in [7, 11) is -5.50. The van der Waals surface area contributed by atoms with Gasteiger partial charge >= 0.3 is 26.3 Å². The van der Waals surface area contributed by atoms with Gasteiger partial charge in [0.25, 0.3) is 5.16 Å². The Hall–Kier alpha value is -2.62. The highest BCUT2D eigenvalue weighted by Gasteiger charge is 2.35. The molecule has 0 fully saturated rings. The zero-order valence-corrected chi connectivity index (χ0v) is 17.1. The SMILES string of the molecule is COC(=O)N(/N=C/c1ccc(Cl)nc1)S(=O)(=O)c1ncn(S(=O)(=O)N(C)C)n1. The molecule has 2 heterocycles. The van der Waals surface area contributed by atoms with Crippen LogP contribution in [0.25, 0.3) is 0 Å². The van der Waals surface area contributed by atoms with Crippen LogP contribution in [0, 0.1) is 0 Å². The van der Waals surface area contributed by atoms with Crippen LogP contribution in [0.1, 0.15) is 5.56 Å². The van der Waals surface area contributed by atoms with Gasteiger partial charge in [0.1, 0.15) is 11.5 Å². The fraction of sp³-hybridized carbons (Fsp3) is 0.250. The third-order valence-corrected chi connectivity index (χ3v) is 6.14. The number of halogens is 1. The summed E-state index contributed by atoms with van der Waals surface area (Å²) in [6, 6.07) is 2.90. The Labute approximate surface area is 165 Å². The van der Waals surface area contributed by atoms with E-state index in [0.29, 0.717) is 16.0 Å². The van der Waals surface area contributed by atoms with Crippen LogP contribution in [0.5, 0.6) is 0 Å². The summed E-state index contributed by atoms with van der Waals surface area (Å²) in [5.74, 6) is 0. The number of hydrazone groups is 1. The average Bonchev–Trinajstić information content (AvgIpc) is 3.14. The lowest BCUT2D eigenvalue weighted by Gasteiger charge is -2.13. The lowest BCUT2D eigenvalue weighted by molar-refractivity contribution is 0.150. The summed E-state index contributed by atoms with van der Waals surface area (Å²) in [5.41, 5.74) is 0.321. The first kappa shape index (κ1) is 21.7. The number of rotatable bonds is 6. The Morgan fingerprint density at radius 3 is 2.46 bits per heavy atom. The number of sulfonamides is 1. The first-order valence-electron chi connectivity index (χ1n) is 7.13. The molecule has 13 nitrogen and oxygen atoms in total. The molecule has 0 aliphatic rings. The first-order valence-corrected chi connectivity index (χ1v) is 10.3. The fourth-order valence-electron chi connectivity index (χ4n) is 1.58. The van der Waals surface area contributed by atoms with Gasteiger partial charge in [-0.05, 0) is 12.1 Å². The van der Waals surface area contributed by atoms with E-state index in [-0.39, 0.29) is 9.57 Å². The molecule has 0 unspecified atom stereocenters. The summed E-state index contributed by atoms with van der Waals surface area (Å²) in [6.07, 6.45) is 1.59. The minimum absolute atomic E-state index is 0.0242. The molecule has 0 aromatic carbocycles. The van der Waals surface area contributed by atoms with Gasteiger partial charge in [0, 0.05) is 25.9 Å². The second-order valence-corrected chi connectivity index (χ2v) is 9.12. The second kappa shape index (κ2) is 8.17. The van der Waals surface area contributed by atoms with Crippen molar-refractivity contribution in [3.05, 3.63) is 35.4 Å². The van der Waals surface area contributed by atoms with Crippen molar-refractivity contribution in [2.24, 2.45) is 5.10 Å². The largest absolute Gasteiger partial charge is 0.451 e. The molecular formula is C12H14ClN7O6S2. The van der Waals surface area contributed by atoms with Gasteiger partial charge in [-0.3, -0.25) is 0 Å². The number of aromatic nitrogens is 4. The molecule has 16 heteroatoms. The number of methoxy groups -OCH3 is 1. The maximum absolute atomic E-state index is 12.6. The summed E-state index contributed by atoms with van der Waals surface area (Å²) in [5, 5.41) is 6.20. The number of carbonyl (C=O) groups is 1. The van der Waals surface area contributed by atoms with Crippen molar-refractivity contribution in [1.29, 1.82) is 0 Å². The van der Waals surface area contributed by atoms with Crippen molar-refractivity contribution in [1.82, 2.24) is 27.9 Å². The lowest BCUT2D eigenvalue weighted by atomic mass is 10.3. The molecule has 0 saturated carbocycles. The van der Waals surface area contributed by atoms with Crippen LogP contribution < -0.4 is 0 Å². The molecule has 152 valence electrons. The average molecular weight is 452 g/mol. The number of carbonyl (C=O) groups excluding carboxylic acids is 1. The highest BCUT2D eigenvalue weighted by Crippen LogP contribution is 2.14. The molecule has 0 bridgehead atoms. The molecule has 0 spiro atoms. The molecule has 2 aromatic rings. The normalized spacial score (nSPS) is 12.5. The van der Waals surface area contributed by atoms with Gasteiger partial charge in [0.15, 0.2) is 0 Å². The van der Waals surface area contributed by atoms with Crippen LogP contribution in [0.2, 0.25) is 5.15 Å². The van der Waals surface area contributed by atoms with Crippen molar-refractivity contribution in [3.63, 3.8) is 0 Å². The van der Waals surface area contributed by atoms with Crippen molar-refractivity contribution in [2.75, 3.05) is 21.2 Å². The van der Waals surface area contributed by atoms with Crippen LogP contribution in [-0.2, 0) is 25.0 Å². The zero-order chi connectivity index (χ0) is 21.1. The maximum Gasteiger partial charge on any atom is 0.445 e. The topological polar surface area (TPSA) is 157 Å². The monoisotopic (exact) mass is 451 g/mol. The summed E-state index contributed by atoms with van der Waals surface area (Å²) < 4.78 is 54.8. The van der Waals surface area contributed by atoms with Crippen molar-refractivity contribution < 1.29 is 26.4 Å². The Morgan fingerprint density at radius 2 is 1.93 bits per heavy atom. The predicted molar refractivity (Wildman–Crippen MR) is 96.3 cm³/mol. The molecule has 0 N–H and O–H groups in total. The third kappa shape index (κ3) is 4.44. The van der Waals surface area contributed by atoms with E-state index in [4.69, 9.17) is 11.6 Å². The lowest BCUT2D eigenvalue weighted by Crippen LogP contribution is -2.34. The van der Waals surface area contributed by atoms with Gasteiger partial charge in [-0.2, -0.15) is 26.2 Å². The van der Waals surface area contributed by atoms with Gasteiger partial charge < -0.3 is 4.74 Å². The van der Waals surface area contributed by atoms with Crippen LogP contribution in [-0.4, -0.2) is 78.2 Å². The molecular weight excluding hydrogens is 438 g/mol. The molecule has 0 atom stereocenters. The van der Waals surface area contributed by atoms with Gasteiger partial charge in [0.05, 0.1) is 13.3 Å². The van der Waals surface area contributed by atoms with Crippen molar-refractivity contribution in [3.8, 4) is 0 Å². The van der Waals surface area contributed by atoms with E-state index in [1.165, 1.54) is 32.4 Å². The molecule has 2 aromatic heterocycles. The highest BCUT2D eigenvalue weighted by molar-refractivity contribution is 7.89. The molecule has 0 radical (unpaired) electrons.